The van der Waals surface area contributed by atoms with Crippen LogP contribution in [0.3, 0.4) is 0 Å². The van der Waals surface area contributed by atoms with Gasteiger partial charge in [0.25, 0.3) is 0 Å². The fourth-order valence-electron chi connectivity index (χ4n) is 0.484. The van der Waals surface area contributed by atoms with Crippen molar-refractivity contribution >= 4 is 8.03 Å². The molecule has 0 amide bonds. The van der Waals surface area contributed by atoms with Crippen LogP contribution in [0.1, 0.15) is 12.8 Å². The van der Waals surface area contributed by atoms with Gasteiger partial charge in [-0.05, 0) is 17.4 Å². The van der Waals surface area contributed by atoms with Crippen molar-refractivity contribution in [2.45, 2.75) is 18.9 Å². The van der Waals surface area contributed by atoms with Gasteiger partial charge in [-0.25, -0.2) is 0 Å². The topological polar surface area (TPSA) is 81.3 Å². The first-order valence-corrected chi connectivity index (χ1v) is 4.28. The maximum absolute atomic E-state index is 10.1. The second-order valence-electron chi connectivity index (χ2n) is 1.86. The summed E-state index contributed by atoms with van der Waals surface area (Å²) in [5, 5.41) is 16.7. The third-order valence-corrected chi connectivity index (χ3v) is 1.67. The first-order chi connectivity index (χ1) is 4.66. The summed E-state index contributed by atoms with van der Waals surface area (Å²) in [5.41, 5.74) is 0. The molecule has 0 radical (unpaired) electrons. The van der Waals surface area contributed by atoms with Crippen LogP contribution in [0.4, 0.5) is 0 Å². The molecule has 0 saturated heterocycles. The first-order valence-electron chi connectivity index (χ1n) is 2.88. The van der Waals surface area contributed by atoms with Crippen molar-refractivity contribution in [3.8, 4) is 6.07 Å². The molecule has 10 heavy (non-hydrogen) atoms. The van der Waals surface area contributed by atoms with Crippen LogP contribution in [0.2, 0.25) is 0 Å². The number of aliphatic hydroxyl groups is 1. The van der Waals surface area contributed by atoms with Gasteiger partial charge in [-0.3, -0.25) is 0 Å². The molecule has 0 aliphatic carbocycles. The fourth-order valence-corrected chi connectivity index (χ4v) is 0.938. The van der Waals surface area contributed by atoms with Crippen molar-refractivity contribution in [3.05, 3.63) is 0 Å². The van der Waals surface area contributed by atoms with E-state index in [2.05, 4.69) is 0 Å². The molecule has 0 aromatic carbocycles. The highest BCUT2D eigenvalue weighted by atomic mass is 31.1. The first kappa shape index (κ1) is 9.51. The maximum atomic E-state index is 10.1. The quantitative estimate of drug-likeness (QED) is 0.462. The molecule has 56 valence electrons. The molecular formula is C5H9NO3P+. The molecule has 0 aliphatic rings. The van der Waals surface area contributed by atoms with Crippen LogP contribution in [0.15, 0.2) is 0 Å². The molecule has 2 N–H and O–H groups in total. The molecule has 5 heteroatoms. The Bertz CT molecular complexity index is 153. The Hall–Kier alpha value is -0.490. The standard InChI is InChI=1S/C5H8NO3P/c6-4-5(7)2-1-3-10(8)9/h5,7H,1-3H2/p+1. The van der Waals surface area contributed by atoms with Crippen molar-refractivity contribution in [3.63, 3.8) is 0 Å². The molecule has 0 bridgehead atoms. The van der Waals surface area contributed by atoms with Crippen LogP contribution in [-0.4, -0.2) is 22.3 Å². The van der Waals surface area contributed by atoms with Gasteiger partial charge in [0.2, 0.25) is 0 Å². The van der Waals surface area contributed by atoms with Gasteiger partial charge < -0.3 is 5.11 Å². The minimum atomic E-state index is -2.11. The molecule has 0 rings (SSSR count). The van der Waals surface area contributed by atoms with Gasteiger partial charge in [0.15, 0.2) is 6.16 Å². The number of hydrogen-bond acceptors (Lipinski definition) is 3. The zero-order valence-electron chi connectivity index (χ0n) is 5.40. The Morgan fingerprint density at radius 1 is 1.70 bits per heavy atom. The molecule has 0 fully saturated rings. The maximum Gasteiger partial charge on any atom is 0.505 e. The third-order valence-electron chi connectivity index (χ3n) is 0.976. The summed E-state index contributed by atoms with van der Waals surface area (Å²) in [6, 6.07) is 1.62. The van der Waals surface area contributed by atoms with E-state index in [0.717, 1.165) is 0 Å². The Kier molecular flexibility index (Phi) is 5.05. The summed E-state index contributed by atoms with van der Waals surface area (Å²) in [6.07, 6.45) is -0.137. The molecule has 0 saturated carbocycles. The molecule has 2 unspecified atom stereocenters. The minimum absolute atomic E-state index is 0.161. The van der Waals surface area contributed by atoms with Gasteiger partial charge in [-0.15, -0.1) is 0 Å². The van der Waals surface area contributed by atoms with Crippen LogP contribution in [0, 0.1) is 11.3 Å². The van der Waals surface area contributed by atoms with E-state index in [9.17, 15) is 4.57 Å². The van der Waals surface area contributed by atoms with Crippen molar-refractivity contribution < 1.29 is 14.6 Å². The van der Waals surface area contributed by atoms with E-state index in [4.69, 9.17) is 15.3 Å². The lowest BCUT2D eigenvalue weighted by Crippen LogP contribution is -2.01. The van der Waals surface area contributed by atoms with Crippen molar-refractivity contribution in [2.75, 3.05) is 6.16 Å². The zero-order chi connectivity index (χ0) is 7.98. The number of nitrogens with zero attached hydrogens (tertiary/aromatic N) is 1. The fraction of sp³-hybridized carbons (Fsp3) is 0.800. The molecule has 2 atom stereocenters. The summed E-state index contributed by atoms with van der Waals surface area (Å²) in [5.74, 6) is 0. The number of aliphatic hydroxyl groups excluding tert-OH is 1. The average molecular weight is 162 g/mol. The Balaban J connectivity index is 3.22. The van der Waals surface area contributed by atoms with Crippen LogP contribution >= 0.6 is 8.03 Å². The predicted octanol–water partition coefficient (Wildman–Crippen LogP) is 0.386. The monoisotopic (exact) mass is 162 g/mol. The van der Waals surface area contributed by atoms with Crippen molar-refractivity contribution in [2.24, 2.45) is 0 Å². The Morgan fingerprint density at radius 3 is 2.70 bits per heavy atom. The second-order valence-corrected chi connectivity index (χ2v) is 3.01. The SMILES string of the molecule is N#CC(O)CCC[P+](=O)O. The summed E-state index contributed by atoms with van der Waals surface area (Å²) in [6.45, 7) is 0. The van der Waals surface area contributed by atoms with Gasteiger partial charge in [0, 0.05) is 0 Å². The number of nitriles is 1. The smallest absolute Gasteiger partial charge is 0.378 e. The number of hydrogen-bond donors (Lipinski definition) is 2. The van der Waals surface area contributed by atoms with E-state index >= 15 is 0 Å². The molecule has 0 aromatic heterocycles. The normalized spacial score (nSPS) is 13.9. The average Bonchev–Trinajstić information content (AvgIpc) is 1.87. The predicted molar refractivity (Wildman–Crippen MR) is 35.5 cm³/mol. The summed E-state index contributed by atoms with van der Waals surface area (Å²) in [7, 11) is -2.11. The van der Waals surface area contributed by atoms with Gasteiger partial charge >= 0.3 is 8.03 Å². The lowest BCUT2D eigenvalue weighted by molar-refractivity contribution is 0.218. The lowest BCUT2D eigenvalue weighted by atomic mass is 10.2. The van der Waals surface area contributed by atoms with E-state index in [1.54, 1.807) is 6.07 Å². The molecular weight excluding hydrogens is 153 g/mol. The molecule has 0 spiro atoms. The molecule has 0 aromatic rings. The van der Waals surface area contributed by atoms with Crippen molar-refractivity contribution in [1.82, 2.24) is 0 Å². The van der Waals surface area contributed by atoms with Crippen LogP contribution in [-0.2, 0) is 4.57 Å². The Morgan fingerprint density at radius 2 is 2.30 bits per heavy atom. The highest BCUT2D eigenvalue weighted by Gasteiger charge is 2.10. The van der Waals surface area contributed by atoms with E-state index in [-0.39, 0.29) is 12.6 Å². The third kappa shape index (κ3) is 5.64. The van der Waals surface area contributed by atoms with Gasteiger partial charge in [-0.2, -0.15) is 10.2 Å². The summed E-state index contributed by atoms with van der Waals surface area (Å²) in [4.78, 5) is 8.28. The van der Waals surface area contributed by atoms with Crippen LogP contribution < -0.4 is 0 Å². The molecule has 0 aliphatic heterocycles. The Labute approximate surface area is 60.0 Å². The van der Waals surface area contributed by atoms with Crippen molar-refractivity contribution in [1.29, 1.82) is 5.26 Å². The van der Waals surface area contributed by atoms with E-state index in [0.29, 0.717) is 6.42 Å². The largest absolute Gasteiger partial charge is 0.505 e. The highest BCUT2D eigenvalue weighted by Crippen LogP contribution is 2.15. The van der Waals surface area contributed by atoms with Crippen LogP contribution in [0.25, 0.3) is 0 Å². The molecule has 4 nitrogen and oxygen atoms in total. The van der Waals surface area contributed by atoms with Gasteiger partial charge in [-0.1, -0.05) is 0 Å². The summed E-state index contributed by atoms with van der Waals surface area (Å²) < 4.78 is 10.1. The van der Waals surface area contributed by atoms with Gasteiger partial charge in [0.1, 0.15) is 6.10 Å². The molecule has 0 heterocycles. The van der Waals surface area contributed by atoms with E-state index < -0.39 is 14.1 Å². The van der Waals surface area contributed by atoms with Crippen LogP contribution in [0.5, 0.6) is 0 Å². The number of rotatable bonds is 4. The van der Waals surface area contributed by atoms with E-state index in [1.165, 1.54) is 0 Å². The second kappa shape index (κ2) is 5.31. The van der Waals surface area contributed by atoms with Gasteiger partial charge in [0.05, 0.1) is 6.07 Å². The zero-order valence-corrected chi connectivity index (χ0v) is 6.29. The minimum Gasteiger partial charge on any atom is -0.378 e. The highest BCUT2D eigenvalue weighted by molar-refractivity contribution is 7.37. The lowest BCUT2D eigenvalue weighted by Gasteiger charge is -1.93. The van der Waals surface area contributed by atoms with E-state index in [1.807, 2.05) is 0 Å². The summed E-state index contributed by atoms with van der Waals surface area (Å²) >= 11 is 0.